The Bertz CT molecular complexity index is 456. The Morgan fingerprint density at radius 3 is 2.73 bits per heavy atom. The van der Waals surface area contributed by atoms with Crippen LogP contribution < -0.4 is 0 Å². The molecule has 1 unspecified atom stereocenters. The maximum Gasteiger partial charge on any atom is 0.137 e. The predicted molar refractivity (Wildman–Crippen MR) is 62.5 cm³/mol. The molecule has 0 radical (unpaired) electrons. The summed E-state index contributed by atoms with van der Waals surface area (Å²) in [4.78, 5) is 0.855. The van der Waals surface area contributed by atoms with Crippen LogP contribution in [0.25, 0.3) is 0 Å². The van der Waals surface area contributed by atoms with Gasteiger partial charge in [0.25, 0.3) is 0 Å². The zero-order valence-electron chi connectivity index (χ0n) is 7.65. The van der Waals surface area contributed by atoms with E-state index in [9.17, 15) is 9.50 Å². The molecule has 1 N–H and O–H groups in total. The Balaban J connectivity index is 2.34. The molecule has 0 saturated carbocycles. The molecule has 15 heavy (non-hydrogen) atoms. The zero-order chi connectivity index (χ0) is 10.8. The number of aliphatic hydroxyl groups excluding tert-OH is 1. The van der Waals surface area contributed by atoms with Gasteiger partial charge in [-0.25, -0.2) is 4.39 Å². The van der Waals surface area contributed by atoms with E-state index in [2.05, 4.69) is 15.9 Å². The van der Waals surface area contributed by atoms with Crippen molar-refractivity contribution in [1.29, 1.82) is 0 Å². The van der Waals surface area contributed by atoms with Crippen LogP contribution in [-0.4, -0.2) is 5.11 Å². The average molecular weight is 287 g/mol. The van der Waals surface area contributed by atoms with Crippen molar-refractivity contribution in [2.24, 2.45) is 0 Å². The number of aliphatic hydroxyl groups is 1. The monoisotopic (exact) mass is 286 g/mol. The van der Waals surface area contributed by atoms with Gasteiger partial charge >= 0.3 is 0 Å². The van der Waals surface area contributed by atoms with Crippen molar-refractivity contribution >= 4 is 27.3 Å². The number of halogens is 2. The van der Waals surface area contributed by atoms with Gasteiger partial charge in [0.15, 0.2) is 0 Å². The summed E-state index contributed by atoms with van der Waals surface area (Å²) in [5.74, 6) is -0.322. The van der Waals surface area contributed by atoms with E-state index in [0.717, 1.165) is 4.88 Å². The van der Waals surface area contributed by atoms with Crippen molar-refractivity contribution in [2.75, 3.05) is 0 Å². The lowest BCUT2D eigenvalue weighted by Crippen LogP contribution is -1.97. The minimum atomic E-state index is -0.679. The summed E-state index contributed by atoms with van der Waals surface area (Å²) < 4.78 is 13.3. The molecule has 1 heterocycles. The van der Waals surface area contributed by atoms with Crippen LogP contribution in [0.5, 0.6) is 0 Å². The van der Waals surface area contributed by atoms with Gasteiger partial charge in [-0.05, 0) is 45.1 Å². The van der Waals surface area contributed by atoms with E-state index in [1.54, 1.807) is 12.1 Å². The Morgan fingerprint density at radius 2 is 2.13 bits per heavy atom. The highest BCUT2D eigenvalue weighted by atomic mass is 79.9. The Morgan fingerprint density at radius 1 is 1.33 bits per heavy atom. The van der Waals surface area contributed by atoms with Crippen LogP contribution >= 0.6 is 27.3 Å². The van der Waals surface area contributed by atoms with E-state index >= 15 is 0 Å². The van der Waals surface area contributed by atoms with Gasteiger partial charge < -0.3 is 5.11 Å². The largest absolute Gasteiger partial charge is 0.383 e. The summed E-state index contributed by atoms with van der Waals surface area (Å²) >= 11 is 4.57. The summed E-state index contributed by atoms with van der Waals surface area (Å²) in [7, 11) is 0. The second-order valence-corrected chi connectivity index (χ2v) is 4.93. The van der Waals surface area contributed by atoms with Crippen LogP contribution in [0.2, 0.25) is 0 Å². The first kappa shape index (κ1) is 10.8. The summed E-state index contributed by atoms with van der Waals surface area (Å²) in [6, 6.07) is 8.26. The van der Waals surface area contributed by atoms with E-state index < -0.39 is 6.10 Å². The fourth-order valence-electron chi connectivity index (χ4n) is 1.29. The second-order valence-electron chi connectivity index (χ2n) is 3.09. The van der Waals surface area contributed by atoms with Gasteiger partial charge in [0.05, 0.1) is 4.47 Å². The van der Waals surface area contributed by atoms with Gasteiger partial charge in [-0.1, -0.05) is 12.1 Å². The molecule has 1 aromatic heterocycles. The average Bonchev–Trinajstić information content (AvgIpc) is 2.74. The molecule has 1 nitrogen and oxygen atoms in total. The molecule has 0 amide bonds. The number of hydrogen-bond acceptors (Lipinski definition) is 2. The highest BCUT2D eigenvalue weighted by molar-refractivity contribution is 9.10. The van der Waals surface area contributed by atoms with Crippen molar-refractivity contribution in [3.63, 3.8) is 0 Å². The highest BCUT2D eigenvalue weighted by Gasteiger charge is 2.12. The fourth-order valence-corrected chi connectivity index (χ4v) is 2.43. The van der Waals surface area contributed by atoms with E-state index in [4.69, 9.17) is 0 Å². The van der Waals surface area contributed by atoms with E-state index in [1.165, 1.54) is 17.4 Å². The molecule has 0 aliphatic heterocycles. The van der Waals surface area contributed by atoms with Gasteiger partial charge in [-0.2, -0.15) is 0 Å². The SMILES string of the molecule is OC(c1ccc(F)c(Br)c1)c1cccs1. The number of rotatable bonds is 2. The third-order valence-electron chi connectivity index (χ3n) is 2.07. The fraction of sp³-hybridized carbons (Fsp3) is 0.0909. The highest BCUT2D eigenvalue weighted by Crippen LogP contribution is 2.28. The number of thiophene rings is 1. The molecule has 0 bridgehead atoms. The maximum absolute atomic E-state index is 13.0. The molecule has 0 aliphatic rings. The lowest BCUT2D eigenvalue weighted by Gasteiger charge is -2.09. The third kappa shape index (κ3) is 2.27. The molecule has 78 valence electrons. The lowest BCUT2D eigenvalue weighted by molar-refractivity contribution is 0.224. The first-order chi connectivity index (χ1) is 7.18. The quantitative estimate of drug-likeness (QED) is 0.892. The molecular weight excluding hydrogens is 279 g/mol. The summed E-state index contributed by atoms with van der Waals surface area (Å²) in [6.45, 7) is 0. The third-order valence-corrected chi connectivity index (χ3v) is 3.60. The van der Waals surface area contributed by atoms with Gasteiger partial charge in [-0.3, -0.25) is 0 Å². The number of benzene rings is 1. The van der Waals surface area contributed by atoms with Crippen molar-refractivity contribution in [2.45, 2.75) is 6.10 Å². The first-order valence-corrected chi connectivity index (χ1v) is 6.02. The smallest absolute Gasteiger partial charge is 0.137 e. The molecule has 2 rings (SSSR count). The van der Waals surface area contributed by atoms with Crippen molar-refractivity contribution in [1.82, 2.24) is 0 Å². The second kappa shape index (κ2) is 4.43. The molecule has 0 spiro atoms. The molecule has 0 saturated heterocycles. The van der Waals surface area contributed by atoms with Crippen LogP contribution in [-0.2, 0) is 0 Å². The van der Waals surface area contributed by atoms with Crippen LogP contribution in [0.3, 0.4) is 0 Å². The van der Waals surface area contributed by atoms with E-state index in [-0.39, 0.29) is 5.82 Å². The first-order valence-electron chi connectivity index (χ1n) is 4.35. The zero-order valence-corrected chi connectivity index (χ0v) is 10.1. The van der Waals surface area contributed by atoms with Crippen LogP contribution in [0.4, 0.5) is 4.39 Å². The molecule has 1 aromatic carbocycles. The summed E-state index contributed by atoms with van der Waals surface area (Å²) in [5.41, 5.74) is 0.686. The topological polar surface area (TPSA) is 20.2 Å². The van der Waals surface area contributed by atoms with E-state index in [0.29, 0.717) is 10.0 Å². The predicted octanol–water partition coefficient (Wildman–Crippen LogP) is 3.73. The van der Waals surface area contributed by atoms with Crippen molar-refractivity contribution < 1.29 is 9.50 Å². The Labute approximate surface area is 99.3 Å². The molecule has 0 fully saturated rings. The van der Waals surface area contributed by atoms with Crippen LogP contribution in [0.15, 0.2) is 40.2 Å². The van der Waals surface area contributed by atoms with Gasteiger partial charge in [0.1, 0.15) is 11.9 Å². The molecule has 4 heteroatoms. The molecule has 1 atom stereocenters. The minimum Gasteiger partial charge on any atom is -0.383 e. The standard InChI is InChI=1S/C11H8BrFOS/c12-8-6-7(3-4-9(8)13)11(14)10-2-1-5-15-10/h1-6,11,14H. The Kier molecular flexibility index (Phi) is 3.19. The van der Waals surface area contributed by atoms with Crippen LogP contribution in [0.1, 0.15) is 16.5 Å². The molecule has 0 aliphatic carbocycles. The molecular formula is C11H8BrFOS. The van der Waals surface area contributed by atoms with Gasteiger partial charge in [0.2, 0.25) is 0 Å². The van der Waals surface area contributed by atoms with Crippen molar-refractivity contribution in [3.8, 4) is 0 Å². The number of hydrogen-bond donors (Lipinski definition) is 1. The lowest BCUT2D eigenvalue weighted by atomic mass is 10.1. The minimum absolute atomic E-state index is 0.322. The summed E-state index contributed by atoms with van der Waals surface area (Å²) in [6.07, 6.45) is -0.679. The molecule has 2 aromatic rings. The van der Waals surface area contributed by atoms with Crippen LogP contribution in [0, 0.1) is 5.82 Å². The Hall–Kier alpha value is -0.710. The van der Waals surface area contributed by atoms with Crippen molar-refractivity contribution in [3.05, 3.63) is 56.4 Å². The van der Waals surface area contributed by atoms with E-state index in [1.807, 2.05) is 17.5 Å². The normalized spacial score (nSPS) is 12.7. The van der Waals surface area contributed by atoms with Gasteiger partial charge in [-0.15, -0.1) is 11.3 Å². The maximum atomic E-state index is 13.0. The van der Waals surface area contributed by atoms with Gasteiger partial charge in [0, 0.05) is 4.88 Å². The summed E-state index contributed by atoms with van der Waals surface area (Å²) in [5, 5.41) is 11.9.